The number of carbonyl (C=O) groups is 1. The van der Waals surface area contributed by atoms with Crippen molar-refractivity contribution in [1.82, 2.24) is 20.1 Å². The molecule has 1 aromatic heterocycles. The second-order valence-electron chi connectivity index (χ2n) is 7.43. The smallest absolute Gasteiger partial charge is 0.291 e. The lowest BCUT2D eigenvalue weighted by molar-refractivity contribution is 0.0923. The van der Waals surface area contributed by atoms with Gasteiger partial charge in [-0.2, -0.15) is 0 Å². The topological polar surface area (TPSA) is 59.8 Å². The average molecular weight is 464 g/mol. The fraction of sp³-hybridized carbons (Fsp3) is 0.318. The third-order valence-corrected chi connectivity index (χ3v) is 6.04. The number of nitrogens with zero attached hydrogens (tertiary/aromatic N) is 3. The Hall–Kier alpha value is -2.08. The van der Waals surface area contributed by atoms with E-state index in [0.29, 0.717) is 26.5 Å². The van der Waals surface area contributed by atoms with Gasteiger partial charge in [0, 0.05) is 21.7 Å². The van der Waals surface area contributed by atoms with Gasteiger partial charge in [0.25, 0.3) is 5.91 Å². The lowest BCUT2D eigenvalue weighted by atomic mass is 10.1. The normalized spacial score (nSPS) is 15.0. The van der Waals surface area contributed by atoms with Crippen molar-refractivity contribution in [2.45, 2.75) is 44.6 Å². The number of nitrogens with one attached hydrogen (secondary N) is 1. The molecule has 5 nitrogen and oxygen atoms in total. The van der Waals surface area contributed by atoms with Gasteiger partial charge < -0.3 is 5.32 Å². The zero-order chi connectivity index (χ0) is 21.1. The second kappa shape index (κ2) is 9.38. The Morgan fingerprint density at radius 3 is 2.27 bits per heavy atom. The van der Waals surface area contributed by atoms with Gasteiger partial charge in [-0.25, -0.2) is 9.67 Å². The first-order valence-electron chi connectivity index (χ1n) is 10.0. The molecule has 1 N–H and O–H groups in total. The number of hydrogen-bond acceptors (Lipinski definition) is 3. The highest BCUT2D eigenvalue weighted by Gasteiger charge is 2.23. The summed E-state index contributed by atoms with van der Waals surface area (Å²) in [5.41, 5.74) is 1.36. The summed E-state index contributed by atoms with van der Waals surface area (Å²) in [5.74, 6) is 0.293. The predicted molar refractivity (Wildman–Crippen MR) is 121 cm³/mol. The number of carbonyl (C=O) groups excluding carboxylic acids is 1. The molecule has 0 saturated heterocycles. The first-order valence-corrected chi connectivity index (χ1v) is 11.1. The van der Waals surface area contributed by atoms with E-state index < -0.39 is 0 Å². The third-order valence-electron chi connectivity index (χ3n) is 5.24. The first kappa shape index (κ1) is 21.2. The van der Waals surface area contributed by atoms with E-state index in [2.05, 4.69) is 15.4 Å². The number of amides is 1. The average Bonchev–Trinajstić information content (AvgIpc) is 3.00. The van der Waals surface area contributed by atoms with E-state index in [-0.39, 0.29) is 17.8 Å². The predicted octanol–water partition coefficient (Wildman–Crippen LogP) is 6.35. The number of hydrogen-bond donors (Lipinski definition) is 1. The van der Waals surface area contributed by atoms with E-state index in [1.807, 2.05) is 12.1 Å². The largest absolute Gasteiger partial charge is 0.347 e. The molecule has 0 radical (unpaired) electrons. The fourth-order valence-electron chi connectivity index (χ4n) is 3.69. The van der Waals surface area contributed by atoms with Crippen LogP contribution in [0.4, 0.5) is 0 Å². The maximum Gasteiger partial charge on any atom is 0.291 e. The quantitative estimate of drug-likeness (QED) is 0.459. The van der Waals surface area contributed by atoms with Crippen LogP contribution in [0.3, 0.4) is 0 Å². The molecule has 0 atom stereocenters. The summed E-state index contributed by atoms with van der Waals surface area (Å²) in [6.07, 6.45) is 6.66. The van der Waals surface area contributed by atoms with Gasteiger partial charge in [-0.3, -0.25) is 4.79 Å². The Kier molecular flexibility index (Phi) is 6.61. The summed E-state index contributed by atoms with van der Waals surface area (Å²) < 4.78 is 1.60. The van der Waals surface area contributed by atoms with Crippen LogP contribution in [0.5, 0.6) is 0 Å². The van der Waals surface area contributed by atoms with Crippen LogP contribution in [0.25, 0.3) is 17.1 Å². The zero-order valence-electron chi connectivity index (χ0n) is 16.2. The van der Waals surface area contributed by atoms with Crippen molar-refractivity contribution in [1.29, 1.82) is 0 Å². The number of rotatable bonds is 4. The van der Waals surface area contributed by atoms with Crippen LogP contribution in [0.2, 0.25) is 15.1 Å². The van der Waals surface area contributed by atoms with Crippen LogP contribution in [0.1, 0.15) is 49.1 Å². The van der Waals surface area contributed by atoms with E-state index in [9.17, 15) is 4.79 Å². The van der Waals surface area contributed by atoms with Crippen LogP contribution in [-0.2, 0) is 0 Å². The first-order chi connectivity index (χ1) is 14.5. The van der Waals surface area contributed by atoms with Gasteiger partial charge in [0.05, 0.1) is 10.7 Å². The zero-order valence-corrected chi connectivity index (χ0v) is 18.5. The Morgan fingerprint density at radius 2 is 1.60 bits per heavy atom. The summed E-state index contributed by atoms with van der Waals surface area (Å²) in [5, 5.41) is 9.16. The molecule has 0 aliphatic heterocycles. The Morgan fingerprint density at radius 1 is 0.933 bits per heavy atom. The molecule has 1 saturated carbocycles. The fourth-order valence-corrected chi connectivity index (χ4v) is 4.31. The van der Waals surface area contributed by atoms with Crippen molar-refractivity contribution in [3.8, 4) is 17.1 Å². The Balaban J connectivity index is 1.71. The van der Waals surface area contributed by atoms with Crippen molar-refractivity contribution in [2.75, 3.05) is 0 Å². The highest BCUT2D eigenvalue weighted by molar-refractivity contribution is 6.36. The minimum absolute atomic E-state index is 0.107. The van der Waals surface area contributed by atoms with E-state index in [0.717, 1.165) is 31.4 Å². The molecule has 1 heterocycles. The highest BCUT2D eigenvalue weighted by atomic mass is 35.5. The minimum Gasteiger partial charge on any atom is -0.347 e. The van der Waals surface area contributed by atoms with E-state index in [1.165, 1.54) is 12.8 Å². The molecule has 0 bridgehead atoms. The summed E-state index contributed by atoms with van der Waals surface area (Å²) in [7, 11) is 0. The van der Waals surface area contributed by atoms with Crippen LogP contribution < -0.4 is 5.32 Å². The lowest BCUT2D eigenvalue weighted by Gasteiger charge is -2.14. The number of halogens is 3. The van der Waals surface area contributed by atoms with E-state index >= 15 is 0 Å². The van der Waals surface area contributed by atoms with Crippen molar-refractivity contribution < 1.29 is 4.79 Å². The minimum atomic E-state index is -0.277. The third kappa shape index (κ3) is 4.80. The van der Waals surface area contributed by atoms with Crippen LogP contribution >= 0.6 is 34.8 Å². The van der Waals surface area contributed by atoms with E-state index in [4.69, 9.17) is 34.8 Å². The monoisotopic (exact) mass is 462 g/mol. The number of benzene rings is 2. The molecule has 3 aromatic rings. The molecule has 1 aliphatic rings. The van der Waals surface area contributed by atoms with Gasteiger partial charge in [-0.1, -0.05) is 60.5 Å². The Labute approximate surface area is 190 Å². The van der Waals surface area contributed by atoms with Crippen molar-refractivity contribution >= 4 is 40.7 Å². The SMILES string of the molecule is O=C(NC1CCCCCC1)c1nc(-c2ccc(Cl)cc2Cl)n(-c2ccc(Cl)cc2)n1. The van der Waals surface area contributed by atoms with Crippen LogP contribution in [-0.4, -0.2) is 26.7 Å². The van der Waals surface area contributed by atoms with Gasteiger partial charge in [0.2, 0.25) is 5.82 Å². The maximum absolute atomic E-state index is 12.9. The molecule has 156 valence electrons. The van der Waals surface area contributed by atoms with Crippen LogP contribution in [0, 0.1) is 0 Å². The van der Waals surface area contributed by atoms with Gasteiger partial charge in [-0.05, 0) is 55.3 Å². The lowest BCUT2D eigenvalue weighted by Crippen LogP contribution is -2.35. The Bertz CT molecular complexity index is 1040. The summed E-state index contributed by atoms with van der Waals surface area (Å²) >= 11 is 18.5. The molecule has 30 heavy (non-hydrogen) atoms. The molecule has 1 aliphatic carbocycles. The molecule has 4 rings (SSSR count). The van der Waals surface area contributed by atoms with Gasteiger partial charge in [0.1, 0.15) is 0 Å². The molecule has 0 spiro atoms. The number of aromatic nitrogens is 3. The van der Waals surface area contributed by atoms with Crippen molar-refractivity contribution in [3.05, 3.63) is 63.4 Å². The summed E-state index contributed by atoms with van der Waals surface area (Å²) in [4.78, 5) is 17.5. The summed E-state index contributed by atoms with van der Waals surface area (Å²) in [6.45, 7) is 0. The van der Waals surface area contributed by atoms with Gasteiger partial charge in [-0.15, -0.1) is 5.10 Å². The van der Waals surface area contributed by atoms with Crippen molar-refractivity contribution in [3.63, 3.8) is 0 Å². The summed E-state index contributed by atoms with van der Waals surface area (Å²) in [6, 6.07) is 12.5. The maximum atomic E-state index is 12.9. The molecule has 8 heteroatoms. The second-order valence-corrected chi connectivity index (χ2v) is 8.71. The standard InChI is InChI=1S/C22H21Cl3N4O/c23-14-7-10-17(11-8-14)29-21(18-12-9-15(24)13-19(18)25)27-20(28-29)22(30)26-16-5-3-1-2-4-6-16/h7-13,16H,1-6H2,(H,26,30). The molecular weight excluding hydrogens is 443 g/mol. The van der Waals surface area contributed by atoms with Crippen LogP contribution in [0.15, 0.2) is 42.5 Å². The highest BCUT2D eigenvalue weighted by Crippen LogP contribution is 2.31. The molecule has 1 fully saturated rings. The van der Waals surface area contributed by atoms with E-state index in [1.54, 1.807) is 35.0 Å². The molecule has 1 amide bonds. The van der Waals surface area contributed by atoms with Crippen molar-refractivity contribution in [2.24, 2.45) is 0 Å². The molecule has 2 aromatic carbocycles. The molecular formula is C22H21Cl3N4O. The van der Waals surface area contributed by atoms with Gasteiger partial charge in [0.15, 0.2) is 5.82 Å². The van der Waals surface area contributed by atoms with Gasteiger partial charge >= 0.3 is 0 Å². The molecule has 0 unspecified atom stereocenters.